The summed E-state index contributed by atoms with van der Waals surface area (Å²) in [6, 6.07) is 0. The van der Waals surface area contributed by atoms with Crippen molar-refractivity contribution in [2.45, 2.75) is 35.1 Å². The van der Waals surface area contributed by atoms with Gasteiger partial charge in [0.2, 0.25) is 0 Å². The van der Waals surface area contributed by atoms with Crippen LogP contribution < -0.4 is 0 Å². The first-order valence-electron chi connectivity index (χ1n) is 4.36. The van der Waals surface area contributed by atoms with E-state index in [1.807, 2.05) is 4.90 Å². The molecule has 0 aromatic rings. The maximum absolute atomic E-state index is 11.4. The van der Waals surface area contributed by atoms with Crippen LogP contribution in [0.15, 0.2) is 0 Å². The molecule has 12 heavy (non-hydrogen) atoms. The van der Waals surface area contributed by atoms with Crippen LogP contribution in [0, 0.1) is 0 Å². The van der Waals surface area contributed by atoms with Crippen LogP contribution in [0.5, 0.6) is 0 Å². The van der Waals surface area contributed by atoms with E-state index in [2.05, 4.69) is 11.5 Å². The van der Waals surface area contributed by atoms with Crippen LogP contribution in [-0.2, 0) is 4.79 Å². The van der Waals surface area contributed by atoms with E-state index < -0.39 is 14.3 Å². The third kappa shape index (κ3) is 2.39. The average Bonchev–Trinajstić information content (AvgIpc) is 2.04. The van der Waals surface area contributed by atoms with E-state index in [9.17, 15) is 4.79 Å². The number of amides is 1. The SMILES string of the molecule is [CH3][Ge]([CH3])[CH](Cl)N1CCCCC1=O. The van der Waals surface area contributed by atoms with Gasteiger partial charge < -0.3 is 0 Å². The zero-order chi connectivity index (χ0) is 9.14. The summed E-state index contributed by atoms with van der Waals surface area (Å²) in [6.07, 6.45) is 2.87. The fourth-order valence-electron chi connectivity index (χ4n) is 1.38. The van der Waals surface area contributed by atoms with Crippen molar-refractivity contribution in [3.63, 3.8) is 0 Å². The van der Waals surface area contributed by atoms with Crippen LogP contribution >= 0.6 is 11.6 Å². The first-order chi connectivity index (χ1) is 5.63. The predicted molar refractivity (Wildman–Crippen MR) is 52.7 cm³/mol. The van der Waals surface area contributed by atoms with Gasteiger partial charge in [0.25, 0.3) is 0 Å². The molecular formula is C8H15ClGeNO. The van der Waals surface area contributed by atoms with Crippen molar-refractivity contribution in [1.29, 1.82) is 0 Å². The molecule has 2 nitrogen and oxygen atoms in total. The van der Waals surface area contributed by atoms with Gasteiger partial charge in [-0.1, -0.05) is 0 Å². The molecule has 1 saturated heterocycles. The Morgan fingerprint density at radius 1 is 1.50 bits per heavy atom. The monoisotopic (exact) mass is 250 g/mol. The van der Waals surface area contributed by atoms with Crippen molar-refractivity contribution in [2.75, 3.05) is 6.54 Å². The first-order valence-corrected chi connectivity index (χ1v) is 10.2. The van der Waals surface area contributed by atoms with Crippen molar-refractivity contribution < 1.29 is 4.79 Å². The number of halogens is 1. The molecule has 69 valence electrons. The number of piperidine rings is 1. The van der Waals surface area contributed by atoms with Gasteiger partial charge in [0.05, 0.1) is 0 Å². The van der Waals surface area contributed by atoms with Crippen molar-refractivity contribution in [1.82, 2.24) is 4.90 Å². The Balaban J connectivity index is 2.53. The summed E-state index contributed by atoms with van der Waals surface area (Å²) in [7, 11) is 0. The molecule has 1 heterocycles. The summed E-state index contributed by atoms with van der Waals surface area (Å²) in [5.74, 6) is 4.67. The molecule has 1 amide bonds. The van der Waals surface area contributed by atoms with Crippen molar-refractivity contribution in [3.8, 4) is 0 Å². The van der Waals surface area contributed by atoms with Gasteiger partial charge in [0.15, 0.2) is 0 Å². The van der Waals surface area contributed by atoms with Gasteiger partial charge in [0.1, 0.15) is 0 Å². The molecule has 1 fully saturated rings. The Labute approximate surface area is 83.4 Å². The normalized spacial score (nSPS) is 21.7. The zero-order valence-electron chi connectivity index (χ0n) is 7.64. The van der Waals surface area contributed by atoms with Gasteiger partial charge in [0, 0.05) is 0 Å². The van der Waals surface area contributed by atoms with E-state index in [1.165, 1.54) is 0 Å². The van der Waals surface area contributed by atoms with Crippen LogP contribution in [0.4, 0.5) is 0 Å². The number of alkyl halides is 1. The van der Waals surface area contributed by atoms with Gasteiger partial charge >= 0.3 is 83.2 Å². The fraction of sp³-hybridized carbons (Fsp3) is 0.875. The Kier molecular flexibility index (Phi) is 3.91. The average molecular weight is 249 g/mol. The molecule has 1 atom stereocenters. The standard InChI is InChI=1S/C8H15ClGeNO/c1-10(2)8(9)11-6-4-3-5-7(11)12/h8H,3-6H2,1-2H3. The topological polar surface area (TPSA) is 20.3 Å². The Bertz CT molecular complexity index is 174. The second-order valence-corrected chi connectivity index (χ2v) is 10.3. The van der Waals surface area contributed by atoms with E-state index in [0.717, 1.165) is 19.4 Å². The molecule has 0 aromatic heterocycles. The van der Waals surface area contributed by atoms with E-state index in [0.29, 0.717) is 6.42 Å². The molecule has 4 heteroatoms. The van der Waals surface area contributed by atoms with E-state index in [-0.39, 0.29) is 10.2 Å². The van der Waals surface area contributed by atoms with Crippen LogP contribution in [0.3, 0.4) is 0 Å². The van der Waals surface area contributed by atoms with Gasteiger partial charge in [-0.15, -0.1) is 0 Å². The minimum atomic E-state index is -1.16. The van der Waals surface area contributed by atoms with Gasteiger partial charge in [-0.2, -0.15) is 0 Å². The number of nitrogens with zero attached hydrogens (tertiary/aromatic N) is 1. The number of hydrogen-bond acceptors (Lipinski definition) is 1. The van der Waals surface area contributed by atoms with Crippen molar-refractivity contribution in [2.24, 2.45) is 0 Å². The van der Waals surface area contributed by atoms with Crippen LogP contribution in [0.2, 0.25) is 11.5 Å². The number of hydrogen-bond donors (Lipinski definition) is 0. The van der Waals surface area contributed by atoms with Crippen LogP contribution in [0.25, 0.3) is 0 Å². The molecule has 1 radical (unpaired) electrons. The number of carbonyl (C=O) groups is 1. The molecule has 1 rings (SSSR count). The molecule has 1 aliphatic rings. The molecule has 1 unspecified atom stereocenters. The van der Waals surface area contributed by atoms with Gasteiger partial charge in [-0.25, -0.2) is 0 Å². The predicted octanol–water partition coefficient (Wildman–Crippen LogP) is 1.86. The quantitative estimate of drug-likeness (QED) is 0.415. The van der Waals surface area contributed by atoms with E-state index in [4.69, 9.17) is 11.6 Å². The fourth-order valence-corrected chi connectivity index (χ4v) is 3.47. The molecule has 0 aromatic carbocycles. The van der Waals surface area contributed by atoms with E-state index >= 15 is 0 Å². The molecule has 0 bridgehead atoms. The van der Waals surface area contributed by atoms with Gasteiger partial charge in [-0.05, 0) is 0 Å². The maximum atomic E-state index is 11.4. The van der Waals surface area contributed by atoms with Gasteiger partial charge in [-0.3, -0.25) is 0 Å². The minimum absolute atomic E-state index is 0.0535. The Morgan fingerprint density at radius 2 is 2.17 bits per heavy atom. The molecule has 1 aliphatic heterocycles. The summed E-state index contributed by atoms with van der Waals surface area (Å²) in [4.78, 5) is 13.3. The third-order valence-corrected chi connectivity index (χ3v) is 7.27. The summed E-state index contributed by atoms with van der Waals surface area (Å²) in [5, 5.41) is 0. The second kappa shape index (κ2) is 4.51. The first kappa shape index (κ1) is 10.4. The van der Waals surface area contributed by atoms with Crippen LogP contribution in [0.1, 0.15) is 19.3 Å². The summed E-state index contributed by atoms with van der Waals surface area (Å²) < 4.78 is 0.0535. The molecule has 0 spiro atoms. The zero-order valence-corrected chi connectivity index (χ0v) is 10.5. The Morgan fingerprint density at radius 3 is 2.67 bits per heavy atom. The van der Waals surface area contributed by atoms with Crippen LogP contribution in [-0.4, -0.2) is 36.0 Å². The Hall–Kier alpha value is 0.303. The number of carbonyl (C=O) groups excluding carboxylic acids is 1. The summed E-state index contributed by atoms with van der Waals surface area (Å²) >= 11 is 5.01. The summed E-state index contributed by atoms with van der Waals surface area (Å²) in [5.41, 5.74) is 0. The van der Waals surface area contributed by atoms with Crippen molar-refractivity contribution >= 4 is 31.9 Å². The number of likely N-dealkylation sites (tertiary alicyclic amines) is 1. The van der Waals surface area contributed by atoms with Crippen molar-refractivity contribution in [3.05, 3.63) is 0 Å². The number of rotatable bonds is 2. The molecule has 0 saturated carbocycles. The second-order valence-electron chi connectivity index (χ2n) is 3.46. The molecule has 0 aliphatic carbocycles. The molecule has 0 N–H and O–H groups in total. The third-order valence-electron chi connectivity index (χ3n) is 2.11. The summed E-state index contributed by atoms with van der Waals surface area (Å²) in [6.45, 7) is 0.880. The molecular weight excluding hydrogens is 234 g/mol. The van der Waals surface area contributed by atoms with E-state index in [1.54, 1.807) is 0 Å².